The van der Waals surface area contributed by atoms with Gasteiger partial charge in [-0.25, -0.2) is 4.79 Å². The minimum absolute atomic E-state index is 0.0262. The Kier molecular flexibility index (Phi) is 6.85. The van der Waals surface area contributed by atoms with Crippen LogP contribution in [-0.2, 0) is 19.1 Å². The van der Waals surface area contributed by atoms with Crippen molar-refractivity contribution in [2.75, 3.05) is 27.1 Å². The van der Waals surface area contributed by atoms with Crippen molar-refractivity contribution in [3.63, 3.8) is 0 Å². The summed E-state index contributed by atoms with van der Waals surface area (Å²) in [5.74, 6) is -1.29. The topological polar surface area (TPSA) is 117 Å². The molecule has 0 bridgehead atoms. The monoisotopic (exact) mass is 324 g/mol. The summed E-state index contributed by atoms with van der Waals surface area (Å²) in [7, 11) is 3.88. The third kappa shape index (κ3) is 5.17. The summed E-state index contributed by atoms with van der Waals surface area (Å²) in [6.07, 6.45) is 0.0405. The van der Waals surface area contributed by atoms with Crippen molar-refractivity contribution in [1.29, 1.82) is 0 Å². The lowest BCUT2D eigenvalue weighted by Crippen LogP contribution is -2.41. The van der Waals surface area contributed by atoms with Gasteiger partial charge in [-0.3, -0.25) is 9.59 Å². The fourth-order valence-electron chi connectivity index (χ4n) is 1.85. The minimum Gasteiger partial charge on any atom is -0.495 e. The highest BCUT2D eigenvalue weighted by Crippen LogP contribution is 2.22. The van der Waals surface area contributed by atoms with E-state index in [1.807, 2.05) is 0 Å². The van der Waals surface area contributed by atoms with E-state index in [0.29, 0.717) is 11.4 Å². The second-order valence-corrected chi connectivity index (χ2v) is 4.62. The Labute approximate surface area is 133 Å². The average Bonchev–Trinajstić information content (AvgIpc) is 2.57. The number of benzene rings is 1. The number of hydrogen-bond donors (Lipinski definition) is 2. The smallest absolute Gasteiger partial charge is 0.328 e. The summed E-state index contributed by atoms with van der Waals surface area (Å²) in [6, 6.07) is 3.52. The number of amides is 1. The number of nitrogens with one attached hydrogen (secondary N) is 1. The van der Waals surface area contributed by atoms with Crippen LogP contribution in [0.15, 0.2) is 18.2 Å². The predicted molar refractivity (Wildman–Crippen MR) is 81.9 cm³/mol. The maximum absolute atomic E-state index is 12.2. The van der Waals surface area contributed by atoms with E-state index in [1.54, 1.807) is 0 Å². The molecule has 8 nitrogen and oxygen atoms in total. The third-order valence-corrected chi connectivity index (χ3v) is 3.15. The molecule has 0 radical (unpaired) electrons. The largest absolute Gasteiger partial charge is 0.495 e. The first-order valence-corrected chi connectivity index (χ1v) is 6.82. The van der Waals surface area contributed by atoms with E-state index in [-0.39, 0.29) is 18.4 Å². The van der Waals surface area contributed by atoms with Crippen LogP contribution in [0.4, 0.5) is 5.69 Å². The van der Waals surface area contributed by atoms with Gasteiger partial charge in [-0.2, -0.15) is 0 Å². The molecule has 1 atom stereocenters. The molecule has 8 heteroatoms. The number of methoxy groups -OCH3 is 3. The molecular weight excluding hydrogens is 304 g/mol. The molecule has 0 aliphatic rings. The van der Waals surface area contributed by atoms with Crippen molar-refractivity contribution in [2.45, 2.75) is 18.9 Å². The lowest BCUT2D eigenvalue weighted by Gasteiger charge is -2.16. The van der Waals surface area contributed by atoms with E-state index in [0.717, 1.165) is 0 Å². The fraction of sp³-hybridized carbons (Fsp3) is 0.400. The quantitative estimate of drug-likeness (QED) is 0.554. The van der Waals surface area contributed by atoms with E-state index in [9.17, 15) is 14.4 Å². The molecule has 0 spiro atoms. The zero-order chi connectivity index (χ0) is 17.4. The second kappa shape index (κ2) is 8.62. The van der Waals surface area contributed by atoms with Gasteiger partial charge < -0.3 is 25.3 Å². The van der Waals surface area contributed by atoms with Crippen LogP contribution in [0.5, 0.6) is 5.75 Å². The molecule has 3 N–H and O–H groups in total. The van der Waals surface area contributed by atoms with Crippen LogP contribution >= 0.6 is 0 Å². The normalized spacial score (nSPS) is 11.3. The molecule has 23 heavy (non-hydrogen) atoms. The zero-order valence-corrected chi connectivity index (χ0v) is 13.3. The molecule has 1 rings (SSSR count). The Morgan fingerprint density at radius 1 is 1.17 bits per heavy atom. The number of esters is 2. The molecule has 0 aliphatic carbocycles. The van der Waals surface area contributed by atoms with Gasteiger partial charge in [0.15, 0.2) is 0 Å². The lowest BCUT2D eigenvalue weighted by atomic mass is 10.1. The van der Waals surface area contributed by atoms with Crippen LogP contribution in [0.3, 0.4) is 0 Å². The zero-order valence-electron chi connectivity index (χ0n) is 13.3. The number of carbonyl (C=O) groups excluding carboxylic acids is 3. The summed E-state index contributed by atoms with van der Waals surface area (Å²) in [4.78, 5) is 35.1. The Balaban J connectivity index is 2.83. The van der Waals surface area contributed by atoms with Crippen molar-refractivity contribution in [3.05, 3.63) is 23.8 Å². The molecule has 1 aromatic rings. The molecule has 0 heterocycles. The molecule has 0 aliphatic heterocycles. The third-order valence-electron chi connectivity index (χ3n) is 3.15. The minimum atomic E-state index is -0.963. The van der Waals surface area contributed by atoms with Gasteiger partial charge in [-0.05, 0) is 24.6 Å². The van der Waals surface area contributed by atoms with Gasteiger partial charge in [0.05, 0.1) is 27.0 Å². The molecule has 0 fully saturated rings. The SMILES string of the molecule is COC(=O)CCC(NC(=O)c1ccc(N)c(OC)c1)C(=O)OC. The van der Waals surface area contributed by atoms with Gasteiger partial charge in [0, 0.05) is 12.0 Å². The highest BCUT2D eigenvalue weighted by molar-refractivity contribution is 5.97. The summed E-state index contributed by atoms with van der Waals surface area (Å²) in [5.41, 5.74) is 6.34. The van der Waals surface area contributed by atoms with Gasteiger partial charge >= 0.3 is 11.9 Å². The van der Waals surface area contributed by atoms with Crippen molar-refractivity contribution >= 4 is 23.5 Å². The number of carbonyl (C=O) groups is 3. The molecule has 126 valence electrons. The van der Waals surface area contributed by atoms with Crippen LogP contribution in [0.1, 0.15) is 23.2 Å². The average molecular weight is 324 g/mol. The van der Waals surface area contributed by atoms with Gasteiger partial charge in [-0.15, -0.1) is 0 Å². The summed E-state index contributed by atoms with van der Waals surface area (Å²) in [6.45, 7) is 0. The van der Waals surface area contributed by atoms with Crippen molar-refractivity contribution in [3.8, 4) is 5.75 Å². The van der Waals surface area contributed by atoms with Crippen LogP contribution in [0.25, 0.3) is 0 Å². The highest BCUT2D eigenvalue weighted by atomic mass is 16.5. The first-order valence-electron chi connectivity index (χ1n) is 6.82. The summed E-state index contributed by atoms with van der Waals surface area (Å²) < 4.78 is 14.2. The summed E-state index contributed by atoms with van der Waals surface area (Å²) in [5, 5.41) is 2.52. The van der Waals surface area contributed by atoms with Gasteiger partial charge in [-0.1, -0.05) is 0 Å². The van der Waals surface area contributed by atoms with E-state index < -0.39 is 23.9 Å². The number of nitrogen functional groups attached to an aromatic ring is 1. The van der Waals surface area contributed by atoms with Gasteiger partial charge in [0.25, 0.3) is 5.91 Å². The predicted octanol–water partition coefficient (Wildman–Crippen LogP) is 0.502. The van der Waals surface area contributed by atoms with E-state index in [4.69, 9.17) is 10.5 Å². The molecule has 0 saturated heterocycles. The number of hydrogen-bond acceptors (Lipinski definition) is 7. The number of ether oxygens (including phenoxy) is 3. The Bertz CT molecular complexity index is 587. The van der Waals surface area contributed by atoms with E-state index >= 15 is 0 Å². The van der Waals surface area contributed by atoms with Crippen LogP contribution in [0, 0.1) is 0 Å². The first kappa shape index (κ1) is 18.3. The Morgan fingerprint density at radius 2 is 1.87 bits per heavy atom. The maximum atomic E-state index is 12.2. The van der Waals surface area contributed by atoms with Crippen LogP contribution in [0.2, 0.25) is 0 Å². The van der Waals surface area contributed by atoms with Crippen molar-refractivity contribution < 1.29 is 28.6 Å². The van der Waals surface area contributed by atoms with E-state index in [2.05, 4.69) is 14.8 Å². The second-order valence-electron chi connectivity index (χ2n) is 4.62. The molecule has 0 saturated carbocycles. The van der Waals surface area contributed by atoms with Crippen LogP contribution in [-0.4, -0.2) is 45.2 Å². The van der Waals surface area contributed by atoms with Crippen molar-refractivity contribution in [1.82, 2.24) is 5.32 Å². The first-order chi connectivity index (χ1) is 10.9. The molecule has 1 aromatic carbocycles. The number of anilines is 1. The Morgan fingerprint density at radius 3 is 2.43 bits per heavy atom. The number of rotatable bonds is 7. The lowest BCUT2D eigenvalue weighted by molar-refractivity contribution is -0.144. The maximum Gasteiger partial charge on any atom is 0.328 e. The van der Waals surface area contributed by atoms with E-state index in [1.165, 1.54) is 39.5 Å². The fourth-order valence-corrected chi connectivity index (χ4v) is 1.85. The Hall–Kier alpha value is -2.77. The highest BCUT2D eigenvalue weighted by Gasteiger charge is 2.23. The van der Waals surface area contributed by atoms with Gasteiger partial charge in [0.2, 0.25) is 0 Å². The van der Waals surface area contributed by atoms with Crippen LogP contribution < -0.4 is 15.8 Å². The van der Waals surface area contributed by atoms with Gasteiger partial charge in [0.1, 0.15) is 11.8 Å². The molecule has 0 aromatic heterocycles. The molecular formula is C15H20N2O6. The molecule has 1 amide bonds. The van der Waals surface area contributed by atoms with Crippen molar-refractivity contribution in [2.24, 2.45) is 0 Å². The number of nitrogens with two attached hydrogens (primary N) is 1. The molecule has 1 unspecified atom stereocenters. The summed E-state index contributed by atoms with van der Waals surface area (Å²) >= 11 is 0. The standard InChI is InChI=1S/C15H20N2O6/c1-21-12-8-9(4-5-10(12)16)14(19)17-11(15(20)23-3)6-7-13(18)22-2/h4-5,8,11H,6-7,16H2,1-3H3,(H,17,19).